The SMILES string of the molecule is c1ccc(-c2ccc(-c3cc(-c4ccc(-c5ccccc5)cc4)c4cc(-c5ccc(-c6cc(-c7ccccc7)nc(-c7ccccc7)n6)cc5)c5ccccc5c4n3)cc2)cc1.c1ccc(-c2ccc(-c3cc(-c4ccc(-c5ccccc5)cc4)c4cc(-c5ccc(-n6c(-c7ccccc7)nc(-c7ccccc7)c6-c6ccccc6)cc5)c5ccccc5c4n3)cc2)cc1. The quantitative estimate of drug-likeness (QED) is 0.0850. The Kier molecular flexibility index (Phi) is 21.0. The molecule has 0 fully saturated rings. The minimum atomic E-state index is 0.704. The number of pyridine rings is 2. The summed E-state index contributed by atoms with van der Waals surface area (Å²) in [4.78, 5) is 26.5. The third-order valence-corrected chi connectivity index (χ3v) is 24.6. The second-order valence-corrected chi connectivity index (χ2v) is 32.5. The first-order valence-electron chi connectivity index (χ1n) is 43.8. The molecule has 0 amide bonds. The highest BCUT2D eigenvalue weighted by molar-refractivity contribution is 6.18. The number of fused-ring (bicyclic) bond motifs is 6. The van der Waals surface area contributed by atoms with Gasteiger partial charge in [-0.2, -0.15) is 0 Å². The van der Waals surface area contributed by atoms with Gasteiger partial charge in [-0.15, -0.1) is 0 Å². The third-order valence-electron chi connectivity index (χ3n) is 24.6. The molecule has 4 aromatic heterocycles. The molecule has 0 atom stereocenters. The standard InChI is InChI=1S/C64H43N3.C59H39N3/c1-6-18-44(19-7-1)46-30-34-48(35-31-46)58-43-60(50-36-32-47(33-37-50)45-20-8-2-9-21-45)65-62-56-29-17-16-28-55(56)57(42-59(58)62)49-38-40-54(41-39-49)67-63(52-24-12-4-13-25-52)61(51-22-10-3-11-23-51)66-64(67)53-26-14-5-15-27-53;1-5-15-40(16-6-1)42-25-29-45(30-26-42)53-38-55(47-33-27-43(28-34-47)41-17-7-2-8-18-41)60-58-51-24-14-13-23-50(51)52(37-54(53)58)44-31-35-48(36-32-44)57-39-56(46-19-9-3-10-20-46)61-59(62-57)49-21-11-4-12-22-49/h1-43H;1-39H. The van der Waals surface area contributed by atoms with E-state index in [1.807, 2.05) is 36.4 Å². The lowest BCUT2D eigenvalue weighted by atomic mass is 9.90. The van der Waals surface area contributed by atoms with Crippen molar-refractivity contribution in [3.05, 3.63) is 497 Å². The van der Waals surface area contributed by atoms with Gasteiger partial charge in [0.2, 0.25) is 0 Å². The van der Waals surface area contributed by atoms with Crippen molar-refractivity contribution >= 4 is 43.4 Å². The molecule has 0 aliphatic rings. The summed E-state index contributed by atoms with van der Waals surface area (Å²) in [7, 11) is 0. The van der Waals surface area contributed by atoms with Crippen LogP contribution in [0.3, 0.4) is 0 Å². The Balaban J connectivity index is 0.000000152. The van der Waals surface area contributed by atoms with E-state index in [1.165, 1.54) is 44.5 Å². The summed E-state index contributed by atoms with van der Waals surface area (Å²) in [6.07, 6.45) is 0. The van der Waals surface area contributed by atoms with Gasteiger partial charge in [0.05, 0.1) is 45.2 Å². The Morgan fingerprint density at radius 2 is 0.388 bits per heavy atom. The van der Waals surface area contributed by atoms with Gasteiger partial charge >= 0.3 is 0 Å². The molecule has 0 saturated carbocycles. The average Bonchev–Trinajstić information content (AvgIpc) is 1.65. The Morgan fingerprint density at radius 3 is 0.736 bits per heavy atom. The van der Waals surface area contributed by atoms with Gasteiger partial charge in [-0.3, -0.25) is 4.57 Å². The first-order valence-corrected chi connectivity index (χ1v) is 43.8. The third kappa shape index (κ3) is 15.7. The molecule has 0 bridgehead atoms. The molecule has 0 N–H and O–H groups in total. The molecule has 0 aliphatic heterocycles. The van der Waals surface area contributed by atoms with Crippen LogP contribution >= 0.6 is 0 Å². The lowest BCUT2D eigenvalue weighted by Gasteiger charge is -2.17. The number of benzene rings is 19. The maximum Gasteiger partial charge on any atom is 0.160 e. The van der Waals surface area contributed by atoms with E-state index in [0.29, 0.717) is 5.82 Å². The maximum atomic E-state index is 5.51. The maximum absolute atomic E-state index is 5.51. The lowest BCUT2D eigenvalue weighted by Crippen LogP contribution is -2.00. The first-order chi connectivity index (χ1) is 63.9. The van der Waals surface area contributed by atoms with Crippen molar-refractivity contribution in [1.29, 1.82) is 0 Å². The number of hydrogen-bond donors (Lipinski definition) is 0. The van der Waals surface area contributed by atoms with Gasteiger partial charge in [-0.05, 0) is 142 Å². The second-order valence-electron chi connectivity index (χ2n) is 32.5. The molecule has 0 spiro atoms. The molecule has 0 radical (unpaired) electrons. The van der Waals surface area contributed by atoms with Gasteiger partial charge in [0, 0.05) is 71.7 Å². The predicted octanol–water partition coefficient (Wildman–Crippen LogP) is 32.4. The van der Waals surface area contributed by atoms with Gasteiger partial charge in [-0.25, -0.2) is 24.9 Å². The van der Waals surface area contributed by atoms with Crippen molar-refractivity contribution < 1.29 is 0 Å². The molecular formula is C123H82N6. The number of aromatic nitrogens is 6. The molecule has 19 aromatic carbocycles. The molecule has 604 valence electrons. The van der Waals surface area contributed by atoms with E-state index in [4.69, 9.17) is 24.9 Å². The van der Waals surface area contributed by atoms with E-state index in [-0.39, 0.29) is 0 Å². The van der Waals surface area contributed by atoms with Crippen LogP contribution in [-0.4, -0.2) is 29.5 Å². The monoisotopic (exact) mass is 1640 g/mol. The molecule has 6 heteroatoms. The zero-order chi connectivity index (χ0) is 85.8. The molecule has 129 heavy (non-hydrogen) atoms. The number of imidazole rings is 1. The van der Waals surface area contributed by atoms with E-state index in [0.717, 1.165) is 178 Å². The summed E-state index contributed by atoms with van der Waals surface area (Å²) in [6.45, 7) is 0. The minimum absolute atomic E-state index is 0.704. The average molecular weight is 1640 g/mol. The largest absolute Gasteiger partial charge is 0.292 e. The zero-order valence-electron chi connectivity index (χ0n) is 70.5. The highest BCUT2D eigenvalue weighted by Crippen LogP contribution is 2.46. The molecule has 0 unspecified atom stereocenters. The Bertz CT molecular complexity index is 7890. The van der Waals surface area contributed by atoms with Crippen LogP contribution in [0, 0.1) is 0 Å². The van der Waals surface area contributed by atoms with E-state index in [1.54, 1.807) is 0 Å². The lowest BCUT2D eigenvalue weighted by molar-refractivity contribution is 1.07. The summed E-state index contributed by atoms with van der Waals surface area (Å²) in [6, 6.07) is 176. The smallest absolute Gasteiger partial charge is 0.160 e. The van der Waals surface area contributed by atoms with Crippen molar-refractivity contribution in [2.24, 2.45) is 0 Å². The van der Waals surface area contributed by atoms with Gasteiger partial charge in [0.1, 0.15) is 5.82 Å². The fraction of sp³-hybridized carbons (Fsp3) is 0. The normalized spacial score (nSPS) is 11.3. The first kappa shape index (κ1) is 77.8. The minimum Gasteiger partial charge on any atom is -0.292 e. The van der Waals surface area contributed by atoms with Gasteiger partial charge < -0.3 is 0 Å². The predicted molar refractivity (Wildman–Crippen MR) is 538 cm³/mol. The summed E-state index contributed by atoms with van der Waals surface area (Å²) < 4.78 is 2.32. The fourth-order valence-corrected chi connectivity index (χ4v) is 18.0. The fourth-order valence-electron chi connectivity index (χ4n) is 18.0. The number of nitrogens with zero attached hydrogens (tertiary/aromatic N) is 6. The molecule has 0 saturated heterocycles. The van der Waals surface area contributed by atoms with Crippen molar-refractivity contribution in [3.8, 4) is 185 Å². The van der Waals surface area contributed by atoms with Crippen LogP contribution in [0.15, 0.2) is 497 Å². The molecular weight excluding hydrogens is 1560 g/mol. The second kappa shape index (κ2) is 34.8. The van der Waals surface area contributed by atoms with Crippen molar-refractivity contribution in [2.45, 2.75) is 0 Å². The Labute approximate surface area is 750 Å². The molecule has 4 heterocycles. The van der Waals surface area contributed by atoms with Crippen LogP contribution < -0.4 is 0 Å². The summed E-state index contributed by atoms with van der Waals surface area (Å²) in [5, 5.41) is 6.75. The van der Waals surface area contributed by atoms with Crippen LogP contribution in [0.2, 0.25) is 0 Å². The van der Waals surface area contributed by atoms with Crippen LogP contribution in [0.4, 0.5) is 0 Å². The van der Waals surface area contributed by atoms with E-state index in [9.17, 15) is 0 Å². The van der Waals surface area contributed by atoms with Gasteiger partial charge in [0.15, 0.2) is 5.82 Å². The highest BCUT2D eigenvalue weighted by Gasteiger charge is 2.25. The van der Waals surface area contributed by atoms with Crippen molar-refractivity contribution in [2.75, 3.05) is 0 Å². The van der Waals surface area contributed by atoms with Gasteiger partial charge in [-0.1, -0.05) is 455 Å². The molecule has 6 nitrogen and oxygen atoms in total. The molecule has 23 rings (SSSR count). The summed E-state index contributed by atoms with van der Waals surface area (Å²) >= 11 is 0. The van der Waals surface area contributed by atoms with Crippen LogP contribution in [0.25, 0.3) is 228 Å². The van der Waals surface area contributed by atoms with Crippen molar-refractivity contribution in [3.63, 3.8) is 0 Å². The molecule has 0 aliphatic carbocycles. The number of rotatable bonds is 17. The van der Waals surface area contributed by atoms with Gasteiger partial charge in [0.25, 0.3) is 0 Å². The van der Waals surface area contributed by atoms with Crippen LogP contribution in [0.1, 0.15) is 0 Å². The number of hydrogen-bond acceptors (Lipinski definition) is 5. The Hall–Kier alpha value is -17.2. The van der Waals surface area contributed by atoms with E-state index in [2.05, 4.69) is 466 Å². The van der Waals surface area contributed by atoms with Crippen LogP contribution in [0.5, 0.6) is 0 Å². The Morgan fingerprint density at radius 1 is 0.147 bits per heavy atom. The van der Waals surface area contributed by atoms with E-state index < -0.39 is 0 Å². The summed E-state index contributed by atoms with van der Waals surface area (Å²) in [5.74, 6) is 1.59. The summed E-state index contributed by atoms with van der Waals surface area (Å²) in [5.41, 5.74) is 35.7. The topological polar surface area (TPSA) is 69.4 Å². The van der Waals surface area contributed by atoms with E-state index >= 15 is 0 Å². The highest BCUT2D eigenvalue weighted by atomic mass is 15.1. The zero-order valence-corrected chi connectivity index (χ0v) is 70.5. The van der Waals surface area contributed by atoms with Crippen molar-refractivity contribution in [1.82, 2.24) is 29.5 Å². The van der Waals surface area contributed by atoms with Crippen LogP contribution in [-0.2, 0) is 0 Å². The molecule has 23 aromatic rings.